The summed E-state index contributed by atoms with van der Waals surface area (Å²) in [5.41, 5.74) is 2.03. The van der Waals surface area contributed by atoms with E-state index in [1.807, 2.05) is 0 Å². The van der Waals surface area contributed by atoms with Crippen molar-refractivity contribution in [2.75, 3.05) is 13.1 Å². The number of hydrogen-bond acceptors (Lipinski definition) is 5. The highest BCUT2D eigenvalue weighted by molar-refractivity contribution is 6.35. The van der Waals surface area contributed by atoms with Gasteiger partial charge in [-0.25, -0.2) is 9.78 Å². The van der Waals surface area contributed by atoms with Crippen molar-refractivity contribution in [3.05, 3.63) is 59.0 Å². The van der Waals surface area contributed by atoms with Crippen LogP contribution in [0, 0.1) is 5.82 Å². The predicted molar refractivity (Wildman–Crippen MR) is 99.7 cm³/mol. The molecule has 1 aliphatic heterocycles. The molecule has 0 bridgehead atoms. The number of rotatable bonds is 4. The molecule has 0 spiro atoms. The standard InChI is InChI=1S/C19H15ClFN3O4/c20-14-2-1-12(16-13(14)5-8-27-16)10-28-18-15(21)9-22-17(23-18)11-3-6-24(7-4-11)19(25)26/h1-3,5,8-9H,4,6-7,10H2,(H,25,26). The minimum atomic E-state index is -0.980. The van der Waals surface area contributed by atoms with Crippen molar-refractivity contribution >= 4 is 34.2 Å². The molecule has 0 radical (unpaired) electrons. The molecule has 144 valence electrons. The maximum Gasteiger partial charge on any atom is 0.407 e. The van der Waals surface area contributed by atoms with Crippen LogP contribution in [0.5, 0.6) is 5.88 Å². The number of hydrogen-bond donors (Lipinski definition) is 1. The van der Waals surface area contributed by atoms with Crippen molar-refractivity contribution in [1.29, 1.82) is 0 Å². The molecule has 3 aromatic rings. The van der Waals surface area contributed by atoms with Gasteiger partial charge in [0, 0.05) is 24.0 Å². The lowest BCUT2D eigenvalue weighted by atomic mass is 10.1. The van der Waals surface area contributed by atoms with Gasteiger partial charge in [-0.1, -0.05) is 23.7 Å². The zero-order chi connectivity index (χ0) is 19.7. The van der Waals surface area contributed by atoms with Crippen molar-refractivity contribution in [2.45, 2.75) is 13.0 Å². The summed E-state index contributed by atoms with van der Waals surface area (Å²) in [6, 6.07) is 5.22. The predicted octanol–water partition coefficient (Wildman–Crippen LogP) is 4.36. The Labute approximate surface area is 164 Å². The van der Waals surface area contributed by atoms with Gasteiger partial charge in [0.2, 0.25) is 5.82 Å². The lowest BCUT2D eigenvalue weighted by Crippen LogP contribution is -2.33. The molecule has 1 aromatic carbocycles. The number of ether oxygens (including phenoxy) is 1. The van der Waals surface area contributed by atoms with E-state index in [0.717, 1.165) is 17.2 Å². The lowest BCUT2D eigenvalue weighted by Gasteiger charge is -2.23. The fraction of sp³-hybridized carbons (Fsp3) is 0.211. The van der Waals surface area contributed by atoms with E-state index in [4.69, 9.17) is 25.9 Å². The lowest BCUT2D eigenvalue weighted by molar-refractivity contribution is 0.150. The van der Waals surface area contributed by atoms with Crippen LogP contribution in [0.25, 0.3) is 16.5 Å². The topological polar surface area (TPSA) is 88.7 Å². The molecular weight excluding hydrogens is 389 g/mol. The first-order chi connectivity index (χ1) is 13.5. The highest BCUT2D eigenvalue weighted by atomic mass is 35.5. The monoisotopic (exact) mass is 403 g/mol. The molecule has 0 aliphatic carbocycles. The van der Waals surface area contributed by atoms with Gasteiger partial charge in [0.05, 0.1) is 17.5 Å². The Balaban J connectivity index is 1.54. The van der Waals surface area contributed by atoms with Crippen LogP contribution in [0.1, 0.15) is 17.8 Å². The zero-order valence-electron chi connectivity index (χ0n) is 14.6. The highest BCUT2D eigenvalue weighted by Crippen LogP contribution is 2.29. The number of carbonyl (C=O) groups is 1. The molecular formula is C19H15ClFN3O4. The minimum absolute atomic E-state index is 0.0421. The van der Waals surface area contributed by atoms with E-state index in [1.165, 1.54) is 11.2 Å². The average molecular weight is 404 g/mol. The van der Waals surface area contributed by atoms with Crippen LogP contribution in [0.15, 0.2) is 41.2 Å². The fourth-order valence-electron chi connectivity index (χ4n) is 3.00. The van der Waals surface area contributed by atoms with E-state index < -0.39 is 11.9 Å². The van der Waals surface area contributed by atoms with Crippen molar-refractivity contribution in [2.24, 2.45) is 0 Å². The van der Waals surface area contributed by atoms with Crippen LogP contribution in [0.3, 0.4) is 0 Å². The summed E-state index contributed by atoms with van der Waals surface area (Å²) in [5.74, 6) is -0.543. The quantitative estimate of drug-likeness (QED) is 0.696. The van der Waals surface area contributed by atoms with Gasteiger partial charge < -0.3 is 19.2 Å². The van der Waals surface area contributed by atoms with Gasteiger partial charge in [0.15, 0.2) is 5.82 Å². The van der Waals surface area contributed by atoms with E-state index in [-0.39, 0.29) is 19.0 Å². The number of benzene rings is 1. The number of carboxylic acid groups (broad SMARTS) is 1. The van der Waals surface area contributed by atoms with Crippen LogP contribution in [-0.2, 0) is 6.61 Å². The highest BCUT2D eigenvalue weighted by Gasteiger charge is 2.20. The second-order valence-corrected chi connectivity index (χ2v) is 6.62. The molecule has 0 saturated carbocycles. The molecule has 1 N–H and O–H groups in total. The number of aromatic nitrogens is 2. The van der Waals surface area contributed by atoms with Gasteiger partial charge >= 0.3 is 6.09 Å². The molecule has 1 aliphatic rings. The van der Waals surface area contributed by atoms with E-state index in [1.54, 1.807) is 24.3 Å². The summed E-state index contributed by atoms with van der Waals surface area (Å²) in [5, 5.41) is 10.3. The molecule has 1 amide bonds. The van der Waals surface area contributed by atoms with E-state index in [9.17, 15) is 9.18 Å². The van der Waals surface area contributed by atoms with Gasteiger partial charge in [0.1, 0.15) is 12.2 Å². The molecule has 0 fully saturated rings. The zero-order valence-corrected chi connectivity index (χ0v) is 15.3. The van der Waals surface area contributed by atoms with Gasteiger partial charge in [0.25, 0.3) is 5.88 Å². The molecule has 28 heavy (non-hydrogen) atoms. The normalized spacial score (nSPS) is 14.2. The molecule has 0 unspecified atom stereocenters. The summed E-state index contributed by atoms with van der Waals surface area (Å²) in [7, 11) is 0. The summed E-state index contributed by atoms with van der Waals surface area (Å²) in [6.07, 6.45) is 3.76. The van der Waals surface area contributed by atoms with Gasteiger partial charge in [-0.05, 0) is 24.1 Å². The third-order valence-electron chi connectivity index (χ3n) is 4.49. The minimum Gasteiger partial charge on any atom is -0.470 e. The maximum atomic E-state index is 14.1. The Kier molecular flexibility index (Phi) is 4.87. The number of fused-ring (bicyclic) bond motifs is 1. The van der Waals surface area contributed by atoms with Crippen LogP contribution < -0.4 is 4.74 Å². The average Bonchev–Trinajstić information content (AvgIpc) is 3.20. The number of amides is 1. The Morgan fingerprint density at radius 1 is 1.39 bits per heavy atom. The molecule has 4 rings (SSSR count). The molecule has 9 heteroatoms. The first-order valence-electron chi connectivity index (χ1n) is 8.50. The summed E-state index contributed by atoms with van der Waals surface area (Å²) in [4.78, 5) is 20.4. The van der Waals surface area contributed by atoms with E-state index in [2.05, 4.69) is 9.97 Å². The van der Waals surface area contributed by atoms with Gasteiger partial charge in [-0.2, -0.15) is 9.37 Å². The second-order valence-electron chi connectivity index (χ2n) is 6.21. The third kappa shape index (κ3) is 3.50. The number of nitrogens with zero attached hydrogens (tertiary/aromatic N) is 3. The van der Waals surface area contributed by atoms with Crippen LogP contribution in [0.4, 0.5) is 9.18 Å². The smallest absolute Gasteiger partial charge is 0.407 e. The van der Waals surface area contributed by atoms with Crippen LogP contribution >= 0.6 is 11.6 Å². The number of furan rings is 1. The van der Waals surface area contributed by atoms with Crippen molar-refractivity contribution < 1.29 is 23.4 Å². The van der Waals surface area contributed by atoms with Crippen molar-refractivity contribution in [1.82, 2.24) is 14.9 Å². The molecule has 7 nitrogen and oxygen atoms in total. The van der Waals surface area contributed by atoms with Crippen LogP contribution in [-0.4, -0.2) is 39.2 Å². The fourth-order valence-corrected chi connectivity index (χ4v) is 3.21. The van der Waals surface area contributed by atoms with Crippen molar-refractivity contribution in [3.8, 4) is 5.88 Å². The third-order valence-corrected chi connectivity index (χ3v) is 4.82. The van der Waals surface area contributed by atoms with Gasteiger partial charge in [-0.15, -0.1) is 0 Å². The Hall–Kier alpha value is -3.13. The first kappa shape index (κ1) is 18.2. The number of halogens is 2. The van der Waals surface area contributed by atoms with Gasteiger partial charge in [-0.3, -0.25) is 0 Å². The molecule has 0 saturated heterocycles. The summed E-state index contributed by atoms with van der Waals surface area (Å²) >= 11 is 6.12. The van der Waals surface area contributed by atoms with E-state index in [0.29, 0.717) is 35.0 Å². The first-order valence-corrected chi connectivity index (χ1v) is 8.88. The Morgan fingerprint density at radius 3 is 3.00 bits per heavy atom. The molecule has 3 heterocycles. The second kappa shape index (κ2) is 7.47. The van der Waals surface area contributed by atoms with Crippen molar-refractivity contribution in [3.63, 3.8) is 0 Å². The van der Waals surface area contributed by atoms with E-state index >= 15 is 0 Å². The Morgan fingerprint density at radius 2 is 2.25 bits per heavy atom. The summed E-state index contributed by atoms with van der Waals surface area (Å²) < 4.78 is 25.1. The molecule has 2 aromatic heterocycles. The largest absolute Gasteiger partial charge is 0.470 e. The summed E-state index contributed by atoms with van der Waals surface area (Å²) in [6.45, 7) is 0.614. The van der Waals surface area contributed by atoms with Crippen LogP contribution in [0.2, 0.25) is 5.02 Å². The SMILES string of the molecule is O=C(O)N1CC=C(c2ncc(F)c(OCc3ccc(Cl)c4ccoc34)n2)CC1. The Bertz CT molecular complexity index is 1080. The molecule has 0 atom stereocenters. The maximum absolute atomic E-state index is 14.1.